The number of amides is 1. The van der Waals surface area contributed by atoms with Crippen molar-refractivity contribution in [2.24, 2.45) is 5.73 Å². The lowest BCUT2D eigenvalue weighted by molar-refractivity contribution is 0.0999. The highest BCUT2D eigenvalue weighted by Gasteiger charge is 2.08. The minimum Gasteiger partial charge on any atom is -0.366 e. The summed E-state index contributed by atoms with van der Waals surface area (Å²) in [4.78, 5) is 10.9. The van der Waals surface area contributed by atoms with E-state index in [4.69, 9.17) is 17.3 Å². The molecule has 0 unspecified atom stereocenters. The predicted molar refractivity (Wildman–Crippen MR) is 49.4 cm³/mol. The van der Waals surface area contributed by atoms with Crippen molar-refractivity contribution in [1.82, 2.24) is 0 Å². The van der Waals surface area contributed by atoms with Gasteiger partial charge in [-0.15, -0.1) is 0 Å². The van der Waals surface area contributed by atoms with Crippen molar-refractivity contribution < 1.29 is 4.79 Å². The second kappa shape index (κ2) is 3.15. The normalized spacial score (nSPS) is 9.92. The largest absolute Gasteiger partial charge is 0.366 e. The smallest absolute Gasteiger partial charge is 0.249 e. The highest BCUT2D eigenvalue weighted by Crippen LogP contribution is 2.19. The Bertz CT molecular complexity index is 310. The number of carbonyl (C=O) groups excluding carboxylic acids is 1. The van der Waals surface area contributed by atoms with E-state index in [1.165, 1.54) is 0 Å². The summed E-state index contributed by atoms with van der Waals surface area (Å²) in [6.07, 6.45) is 0. The van der Waals surface area contributed by atoms with Gasteiger partial charge in [0.25, 0.3) is 0 Å². The summed E-state index contributed by atoms with van der Waals surface area (Å²) in [6, 6.07) is 3.46. The molecular weight excluding hydrogens is 174 g/mol. The van der Waals surface area contributed by atoms with E-state index in [1.807, 2.05) is 13.8 Å². The molecule has 64 valence electrons. The minimum absolute atomic E-state index is 0.401. The van der Waals surface area contributed by atoms with Gasteiger partial charge in [-0.2, -0.15) is 0 Å². The van der Waals surface area contributed by atoms with Gasteiger partial charge >= 0.3 is 0 Å². The number of nitrogens with two attached hydrogens (primary N) is 1. The number of halogens is 1. The molecule has 1 aromatic rings. The lowest BCUT2D eigenvalue weighted by Gasteiger charge is -2.05. The summed E-state index contributed by atoms with van der Waals surface area (Å²) >= 11 is 5.77. The molecule has 0 radical (unpaired) electrons. The van der Waals surface area contributed by atoms with Crippen molar-refractivity contribution >= 4 is 17.5 Å². The van der Waals surface area contributed by atoms with Crippen LogP contribution >= 0.6 is 11.6 Å². The van der Waals surface area contributed by atoms with Gasteiger partial charge in [0.1, 0.15) is 0 Å². The molecule has 2 N–H and O–H groups in total. The number of benzene rings is 1. The van der Waals surface area contributed by atoms with E-state index < -0.39 is 5.91 Å². The van der Waals surface area contributed by atoms with E-state index in [1.54, 1.807) is 12.1 Å². The summed E-state index contributed by atoms with van der Waals surface area (Å²) in [6.45, 7) is 3.64. The lowest BCUT2D eigenvalue weighted by atomic mass is 10.0. The Morgan fingerprint density at radius 2 is 1.75 bits per heavy atom. The molecule has 0 aromatic heterocycles. The van der Waals surface area contributed by atoms with Gasteiger partial charge < -0.3 is 5.73 Å². The fourth-order valence-corrected chi connectivity index (χ4v) is 1.63. The third-order valence-corrected chi connectivity index (χ3v) is 1.96. The molecule has 0 spiro atoms. The van der Waals surface area contributed by atoms with Crippen molar-refractivity contribution in [3.8, 4) is 0 Å². The Morgan fingerprint density at radius 1 is 1.33 bits per heavy atom. The molecule has 0 saturated heterocycles. The molecular formula is C9H10ClNO. The third kappa shape index (κ3) is 1.59. The number of aryl methyl sites for hydroxylation is 2. The van der Waals surface area contributed by atoms with Crippen LogP contribution in [0.4, 0.5) is 0 Å². The first kappa shape index (κ1) is 9.07. The van der Waals surface area contributed by atoms with Crippen LogP contribution < -0.4 is 5.73 Å². The van der Waals surface area contributed by atoms with Crippen LogP contribution in [0.5, 0.6) is 0 Å². The SMILES string of the molecule is Cc1cc(Cl)cc(C)c1C(N)=O. The van der Waals surface area contributed by atoms with Crippen molar-refractivity contribution in [3.63, 3.8) is 0 Å². The summed E-state index contributed by atoms with van der Waals surface area (Å²) in [5.41, 5.74) is 7.41. The maximum absolute atomic E-state index is 10.9. The van der Waals surface area contributed by atoms with E-state index in [9.17, 15) is 4.79 Å². The zero-order valence-electron chi connectivity index (χ0n) is 7.02. The summed E-state index contributed by atoms with van der Waals surface area (Å²) < 4.78 is 0. The summed E-state index contributed by atoms with van der Waals surface area (Å²) in [7, 11) is 0. The number of hydrogen-bond acceptors (Lipinski definition) is 1. The van der Waals surface area contributed by atoms with Gasteiger partial charge in [-0.25, -0.2) is 0 Å². The van der Waals surface area contributed by atoms with Crippen LogP contribution in [0.25, 0.3) is 0 Å². The van der Waals surface area contributed by atoms with Crippen LogP contribution in [0, 0.1) is 13.8 Å². The molecule has 1 amide bonds. The molecule has 0 bridgehead atoms. The van der Waals surface area contributed by atoms with E-state index in [0.717, 1.165) is 11.1 Å². The molecule has 1 rings (SSSR count). The number of primary amides is 1. The first-order valence-corrected chi connectivity index (χ1v) is 3.96. The van der Waals surface area contributed by atoms with Crippen LogP contribution in [-0.2, 0) is 0 Å². The standard InChI is InChI=1S/C9H10ClNO/c1-5-3-7(10)4-6(2)8(5)9(11)12/h3-4H,1-2H3,(H2,11,12). The molecule has 0 aliphatic heterocycles. The maximum atomic E-state index is 10.9. The Labute approximate surface area is 76.3 Å². The lowest BCUT2D eigenvalue weighted by Crippen LogP contribution is -2.14. The molecule has 2 nitrogen and oxygen atoms in total. The van der Waals surface area contributed by atoms with Gasteiger partial charge in [-0.3, -0.25) is 4.79 Å². The van der Waals surface area contributed by atoms with Crippen LogP contribution in [0.15, 0.2) is 12.1 Å². The second-order valence-electron chi connectivity index (χ2n) is 2.78. The first-order valence-electron chi connectivity index (χ1n) is 3.59. The summed E-state index contributed by atoms with van der Waals surface area (Å²) in [5, 5.41) is 0.634. The maximum Gasteiger partial charge on any atom is 0.249 e. The summed E-state index contributed by atoms with van der Waals surface area (Å²) in [5.74, 6) is -0.401. The first-order chi connectivity index (χ1) is 5.52. The molecule has 3 heteroatoms. The molecule has 0 fully saturated rings. The molecule has 0 heterocycles. The highest BCUT2D eigenvalue weighted by atomic mass is 35.5. The zero-order valence-corrected chi connectivity index (χ0v) is 7.77. The second-order valence-corrected chi connectivity index (χ2v) is 3.22. The van der Waals surface area contributed by atoms with Gasteiger partial charge in [0.2, 0.25) is 5.91 Å². The van der Waals surface area contributed by atoms with Crippen molar-refractivity contribution in [1.29, 1.82) is 0 Å². The fraction of sp³-hybridized carbons (Fsp3) is 0.222. The molecule has 12 heavy (non-hydrogen) atoms. The van der Waals surface area contributed by atoms with Crippen molar-refractivity contribution in [3.05, 3.63) is 33.8 Å². The number of rotatable bonds is 1. The van der Waals surface area contributed by atoms with Crippen LogP contribution in [0.3, 0.4) is 0 Å². The van der Waals surface area contributed by atoms with Crippen molar-refractivity contribution in [2.45, 2.75) is 13.8 Å². The average molecular weight is 184 g/mol. The van der Waals surface area contributed by atoms with Crippen LogP contribution in [0.2, 0.25) is 5.02 Å². The highest BCUT2D eigenvalue weighted by molar-refractivity contribution is 6.30. The quantitative estimate of drug-likeness (QED) is 0.712. The topological polar surface area (TPSA) is 43.1 Å². The Kier molecular flexibility index (Phi) is 2.38. The molecule has 0 saturated carbocycles. The van der Waals surface area contributed by atoms with E-state index >= 15 is 0 Å². The third-order valence-electron chi connectivity index (χ3n) is 1.74. The van der Waals surface area contributed by atoms with Gasteiger partial charge in [0.15, 0.2) is 0 Å². The Hall–Kier alpha value is -1.02. The van der Waals surface area contributed by atoms with E-state index in [-0.39, 0.29) is 0 Å². The van der Waals surface area contributed by atoms with E-state index in [0.29, 0.717) is 10.6 Å². The van der Waals surface area contributed by atoms with Crippen LogP contribution in [-0.4, -0.2) is 5.91 Å². The van der Waals surface area contributed by atoms with Gasteiger partial charge in [0.05, 0.1) is 0 Å². The van der Waals surface area contributed by atoms with E-state index in [2.05, 4.69) is 0 Å². The molecule has 0 aliphatic carbocycles. The number of hydrogen-bond donors (Lipinski definition) is 1. The molecule has 0 atom stereocenters. The average Bonchev–Trinajstić information content (AvgIpc) is 1.82. The van der Waals surface area contributed by atoms with Gasteiger partial charge in [-0.1, -0.05) is 11.6 Å². The minimum atomic E-state index is -0.401. The molecule has 1 aromatic carbocycles. The van der Waals surface area contributed by atoms with Crippen LogP contribution in [0.1, 0.15) is 21.5 Å². The monoisotopic (exact) mass is 183 g/mol. The van der Waals surface area contributed by atoms with Gasteiger partial charge in [-0.05, 0) is 37.1 Å². The Morgan fingerprint density at radius 3 is 2.08 bits per heavy atom. The number of carbonyl (C=O) groups is 1. The van der Waals surface area contributed by atoms with Crippen molar-refractivity contribution in [2.75, 3.05) is 0 Å². The fourth-order valence-electron chi connectivity index (χ4n) is 1.30. The van der Waals surface area contributed by atoms with Gasteiger partial charge in [0, 0.05) is 10.6 Å². The Balaban J connectivity index is 3.38. The predicted octanol–water partition coefficient (Wildman–Crippen LogP) is 2.06. The zero-order chi connectivity index (χ0) is 9.30. The molecule has 0 aliphatic rings.